The maximum absolute atomic E-state index is 5.56. The van der Waals surface area contributed by atoms with Gasteiger partial charge in [0.05, 0.1) is 6.61 Å². The lowest BCUT2D eigenvalue weighted by atomic mass is 10.2. The molecule has 0 aliphatic rings. The first kappa shape index (κ1) is 13.6. The van der Waals surface area contributed by atoms with E-state index in [4.69, 9.17) is 10.5 Å². The molecule has 0 saturated heterocycles. The van der Waals surface area contributed by atoms with Gasteiger partial charge in [0.15, 0.2) is 0 Å². The van der Waals surface area contributed by atoms with Crippen LogP contribution < -0.4 is 10.5 Å². The van der Waals surface area contributed by atoms with Gasteiger partial charge in [0.25, 0.3) is 0 Å². The van der Waals surface area contributed by atoms with Crippen molar-refractivity contribution in [1.82, 2.24) is 9.97 Å². The van der Waals surface area contributed by atoms with Crippen LogP contribution in [0.25, 0.3) is 11.4 Å². The largest absolute Gasteiger partial charge is 0.494 e. The zero-order valence-corrected chi connectivity index (χ0v) is 11.4. The quantitative estimate of drug-likeness (QED) is 0.803. The van der Waals surface area contributed by atoms with E-state index in [1.54, 1.807) is 0 Å². The summed E-state index contributed by atoms with van der Waals surface area (Å²) in [5, 5.41) is 0. The molecule has 1 aromatic carbocycles. The molecule has 4 heteroatoms. The summed E-state index contributed by atoms with van der Waals surface area (Å²) >= 11 is 0. The highest BCUT2D eigenvalue weighted by Gasteiger charge is 2.03. The van der Waals surface area contributed by atoms with Gasteiger partial charge in [-0.05, 0) is 50.1 Å². The Kier molecular flexibility index (Phi) is 4.98. The smallest absolute Gasteiger partial charge is 0.137 e. The van der Waals surface area contributed by atoms with Gasteiger partial charge in [-0.3, -0.25) is 0 Å². The first-order valence-corrected chi connectivity index (χ1v) is 6.80. The molecule has 0 radical (unpaired) electrons. The van der Waals surface area contributed by atoms with Gasteiger partial charge in [0.2, 0.25) is 0 Å². The van der Waals surface area contributed by atoms with E-state index in [-0.39, 0.29) is 0 Å². The van der Waals surface area contributed by atoms with Crippen molar-refractivity contribution >= 4 is 0 Å². The van der Waals surface area contributed by atoms with Gasteiger partial charge in [-0.25, -0.2) is 4.98 Å². The number of rotatable bonds is 7. The zero-order valence-electron chi connectivity index (χ0n) is 11.4. The van der Waals surface area contributed by atoms with E-state index in [0.29, 0.717) is 6.54 Å². The second-order valence-corrected chi connectivity index (χ2v) is 4.52. The standard InChI is InChI=1S/C15H21N3O/c1-2-10-19-14-7-5-12(6-8-14)15-17-11-13(18-15)4-3-9-16/h5-8,11H,2-4,9-10,16H2,1H3,(H,17,18). The highest BCUT2D eigenvalue weighted by molar-refractivity contribution is 5.56. The van der Waals surface area contributed by atoms with Gasteiger partial charge >= 0.3 is 0 Å². The highest BCUT2D eigenvalue weighted by atomic mass is 16.5. The minimum atomic E-state index is 0.706. The van der Waals surface area contributed by atoms with Gasteiger partial charge < -0.3 is 15.5 Å². The first-order chi connectivity index (χ1) is 9.33. The van der Waals surface area contributed by atoms with E-state index in [9.17, 15) is 0 Å². The van der Waals surface area contributed by atoms with Crippen LogP contribution in [0.1, 0.15) is 25.5 Å². The predicted molar refractivity (Wildman–Crippen MR) is 77.2 cm³/mol. The van der Waals surface area contributed by atoms with Gasteiger partial charge in [0.1, 0.15) is 11.6 Å². The lowest BCUT2D eigenvalue weighted by Crippen LogP contribution is -2.00. The summed E-state index contributed by atoms with van der Waals surface area (Å²) in [5.41, 5.74) is 7.71. The van der Waals surface area contributed by atoms with Crippen LogP contribution >= 0.6 is 0 Å². The van der Waals surface area contributed by atoms with Crippen molar-refractivity contribution in [3.63, 3.8) is 0 Å². The maximum atomic E-state index is 5.56. The molecule has 1 heterocycles. The zero-order chi connectivity index (χ0) is 13.5. The third-order valence-electron chi connectivity index (χ3n) is 2.88. The number of imidazole rings is 1. The van der Waals surface area contributed by atoms with E-state index >= 15 is 0 Å². The van der Waals surface area contributed by atoms with E-state index in [1.165, 1.54) is 0 Å². The summed E-state index contributed by atoms with van der Waals surface area (Å²) in [4.78, 5) is 7.71. The molecule has 4 nitrogen and oxygen atoms in total. The van der Waals surface area contributed by atoms with Crippen LogP contribution in [-0.4, -0.2) is 23.1 Å². The van der Waals surface area contributed by atoms with Gasteiger partial charge in [-0.1, -0.05) is 6.92 Å². The van der Waals surface area contributed by atoms with Crippen LogP contribution in [-0.2, 0) is 6.42 Å². The van der Waals surface area contributed by atoms with Crippen molar-refractivity contribution in [1.29, 1.82) is 0 Å². The molecule has 2 rings (SSSR count). The topological polar surface area (TPSA) is 63.9 Å². The number of hydrogen-bond donors (Lipinski definition) is 2. The third kappa shape index (κ3) is 3.83. The molecule has 0 aliphatic carbocycles. The minimum Gasteiger partial charge on any atom is -0.494 e. The molecule has 0 amide bonds. The van der Waals surface area contributed by atoms with Gasteiger partial charge in [-0.15, -0.1) is 0 Å². The monoisotopic (exact) mass is 259 g/mol. The highest BCUT2D eigenvalue weighted by Crippen LogP contribution is 2.20. The molecule has 0 aliphatic heterocycles. The van der Waals surface area contributed by atoms with Gasteiger partial charge in [-0.2, -0.15) is 0 Å². The van der Waals surface area contributed by atoms with Crippen LogP contribution in [0.4, 0.5) is 0 Å². The molecule has 0 spiro atoms. The van der Waals surface area contributed by atoms with Crippen LogP contribution in [0.15, 0.2) is 30.5 Å². The number of H-pyrrole nitrogens is 1. The molecule has 1 aromatic heterocycles. The van der Waals surface area contributed by atoms with Crippen LogP contribution in [0.5, 0.6) is 5.75 Å². The summed E-state index contributed by atoms with van der Waals surface area (Å²) in [6.07, 6.45) is 4.82. The fraction of sp³-hybridized carbons (Fsp3) is 0.400. The van der Waals surface area contributed by atoms with Crippen molar-refractivity contribution in [2.24, 2.45) is 5.73 Å². The number of aromatic amines is 1. The van der Waals surface area contributed by atoms with Crippen molar-refractivity contribution in [2.45, 2.75) is 26.2 Å². The van der Waals surface area contributed by atoms with Gasteiger partial charge in [0, 0.05) is 17.5 Å². The summed E-state index contributed by atoms with van der Waals surface area (Å²) in [7, 11) is 0. The molecule has 0 bridgehead atoms. The number of nitrogens with two attached hydrogens (primary N) is 1. The predicted octanol–water partition coefficient (Wildman–Crippen LogP) is 2.76. The Labute approximate surface area is 114 Å². The van der Waals surface area contributed by atoms with E-state index < -0.39 is 0 Å². The maximum Gasteiger partial charge on any atom is 0.137 e. The second kappa shape index (κ2) is 6.95. The lowest BCUT2D eigenvalue weighted by Gasteiger charge is -2.04. The number of aromatic nitrogens is 2. The molecule has 0 saturated carbocycles. The summed E-state index contributed by atoms with van der Waals surface area (Å²) in [6.45, 7) is 3.56. The Bertz CT molecular complexity index is 490. The Hall–Kier alpha value is -1.81. The molecule has 0 unspecified atom stereocenters. The number of ether oxygens (including phenoxy) is 1. The van der Waals surface area contributed by atoms with E-state index in [0.717, 1.165) is 48.7 Å². The Morgan fingerprint density at radius 3 is 2.74 bits per heavy atom. The summed E-state index contributed by atoms with van der Waals surface area (Å²) < 4.78 is 5.56. The van der Waals surface area contributed by atoms with Crippen molar-refractivity contribution in [2.75, 3.05) is 13.2 Å². The number of nitrogens with zero attached hydrogens (tertiary/aromatic N) is 1. The minimum absolute atomic E-state index is 0.706. The average Bonchev–Trinajstić information content (AvgIpc) is 2.92. The Morgan fingerprint density at radius 1 is 1.26 bits per heavy atom. The molecule has 0 fully saturated rings. The third-order valence-corrected chi connectivity index (χ3v) is 2.88. The molecule has 102 valence electrons. The SMILES string of the molecule is CCCOc1ccc(-c2ncc(CCCN)[nH]2)cc1. The number of benzene rings is 1. The molecule has 19 heavy (non-hydrogen) atoms. The van der Waals surface area contributed by atoms with Crippen molar-refractivity contribution in [3.05, 3.63) is 36.2 Å². The van der Waals surface area contributed by atoms with Crippen molar-refractivity contribution in [3.8, 4) is 17.1 Å². The number of nitrogens with one attached hydrogen (secondary N) is 1. The van der Waals surface area contributed by atoms with E-state index in [1.807, 2.05) is 30.5 Å². The van der Waals surface area contributed by atoms with Crippen molar-refractivity contribution < 1.29 is 4.74 Å². The Morgan fingerprint density at radius 2 is 2.05 bits per heavy atom. The first-order valence-electron chi connectivity index (χ1n) is 6.80. The summed E-state index contributed by atoms with van der Waals surface area (Å²) in [6, 6.07) is 8.01. The fourth-order valence-electron chi connectivity index (χ4n) is 1.85. The summed E-state index contributed by atoms with van der Waals surface area (Å²) in [5.74, 6) is 1.80. The van der Waals surface area contributed by atoms with Crippen LogP contribution in [0.3, 0.4) is 0 Å². The number of hydrogen-bond acceptors (Lipinski definition) is 3. The second-order valence-electron chi connectivity index (χ2n) is 4.52. The normalized spacial score (nSPS) is 10.6. The average molecular weight is 259 g/mol. The molecular weight excluding hydrogens is 238 g/mol. The lowest BCUT2D eigenvalue weighted by molar-refractivity contribution is 0.317. The van der Waals surface area contributed by atoms with E-state index in [2.05, 4.69) is 16.9 Å². The Balaban J connectivity index is 2.02. The molecule has 2 aromatic rings. The molecule has 0 atom stereocenters. The molecule has 3 N–H and O–H groups in total. The number of aryl methyl sites for hydroxylation is 1. The molecular formula is C15H21N3O. The fourth-order valence-corrected chi connectivity index (χ4v) is 1.85. The van der Waals surface area contributed by atoms with Crippen LogP contribution in [0.2, 0.25) is 0 Å². The van der Waals surface area contributed by atoms with Crippen LogP contribution in [0, 0.1) is 0 Å².